The predicted octanol–water partition coefficient (Wildman–Crippen LogP) is 3.08. The second kappa shape index (κ2) is 9.78. The van der Waals surface area contributed by atoms with Gasteiger partial charge in [-0.3, -0.25) is 0 Å². The first kappa shape index (κ1) is 12.7. The minimum absolute atomic E-state index is 0.108. The summed E-state index contributed by atoms with van der Waals surface area (Å²) >= 11 is 0.108. The molecule has 0 aliphatic heterocycles. The number of hydrogen-bond acceptors (Lipinski definition) is 2. The van der Waals surface area contributed by atoms with Gasteiger partial charge in [0.25, 0.3) is 0 Å². The topological polar surface area (TPSA) is 34.1 Å². The Morgan fingerprint density at radius 3 is 2.08 bits per heavy atom. The van der Waals surface area contributed by atoms with E-state index in [-0.39, 0.29) is 16.8 Å². The lowest BCUT2D eigenvalue weighted by Crippen LogP contribution is -1.93. The first-order valence-electron chi connectivity index (χ1n) is 5.14. The molecule has 0 aliphatic carbocycles. The maximum absolute atomic E-state index is 10.6. The van der Waals surface area contributed by atoms with Crippen LogP contribution in [0, 0.1) is 0 Å². The lowest BCUT2D eigenvalue weighted by Gasteiger charge is -1.97. The van der Waals surface area contributed by atoms with Gasteiger partial charge in [-0.25, -0.2) is 4.79 Å². The van der Waals surface area contributed by atoms with Crippen LogP contribution in [0.5, 0.6) is 0 Å². The maximum atomic E-state index is 10.6. The van der Waals surface area contributed by atoms with Crippen LogP contribution in [0.1, 0.15) is 58.3 Å². The molecular formula is C10H19O2S+. The van der Waals surface area contributed by atoms with Crippen LogP contribution in [0.2, 0.25) is 0 Å². The molecule has 0 fully saturated rings. The molecule has 3 heteroatoms. The number of rotatable bonds is 8. The second-order valence-electron chi connectivity index (χ2n) is 3.33. The van der Waals surface area contributed by atoms with Crippen molar-refractivity contribution in [3.05, 3.63) is 0 Å². The highest BCUT2D eigenvalue weighted by molar-refractivity contribution is 7.83. The van der Waals surface area contributed by atoms with Crippen molar-refractivity contribution in [2.24, 2.45) is 0 Å². The zero-order valence-electron chi connectivity index (χ0n) is 8.38. The lowest BCUT2D eigenvalue weighted by atomic mass is 10.1. The van der Waals surface area contributed by atoms with E-state index in [1.807, 2.05) is 0 Å². The van der Waals surface area contributed by atoms with Gasteiger partial charge in [0.2, 0.25) is 0 Å². The average Bonchev–Trinajstić information content (AvgIpc) is 2.16. The van der Waals surface area contributed by atoms with Crippen molar-refractivity contribution in [3.8, 4) is 0 Å². The van der Waals surface area contributed by atoms with Gasteiger partial charge in [0.05, 0.1) is 6.42 Å². The maximum Gasteiger partial charge on any atom is 0.546 e. The van der Waals surface area contributed by atoms with Gasteiger partial charge in [-0.05, 0) is 6.42 Å². The molecule has 0 aromatic carbocycles. The number of unbranched alkanes of at least 4 members (excludes halogenated alkanes) is 6. The molecule has 0 aromatic rings. The van der Waals surface area contributed by atoms with Gasteiger partial charge in [0.1, 0.15) is 0 Å². The first-order chi connectivity index (χ1) is 6.31. The molecule has 0 amide bonds. The summed E-state index contributed by atoms with van der Waals surface area (Å²) in [6.07, 6.45) is 8.81. The molecule has 0 radical (unpaired) electrons. The van der Waals surface area contributed by atoms with Crippen molar-refractivity contribution in [2.45, 2.75) is 58.3 Å². The second-order valence-corrected chi connectivity index (χ2v) is 3.95. The largest absolute Gasteiger partial charge is 0.546 e. The van der Waals surface area contributed by atoms with Crippen molar-refractivity contribution in [1.29, 1.82) is 0 Å². The minimum atomic E-state index is -0.214. The Bertz CT molecular complexity index is 146. The van der Waals surface area contributed by atoms with E-state index < -0.39 is 0 Å². The Hall–Kier alpha value is -0.310. The third-order valence-electron chi connectivity index (χ3n) is 2.08. The third kappa shape index (κ3) is 9.61. The molecule has 13 heavy (non-hydrogen) atoms. The smallest absolute Gasteiger partial charge is 0.221 e. The van der Waals surface area contributed by atoms with E-state index >= 15 is 0 Å². The quantitative estimate of drug-likeness (QED) is 0.449. The number of carbonyl (C=O) groups is 1. The van der Waals surface area contributed by atoms with E-state index in [0.717, 1.165) is 12.8 Å². The summed E-state index contributed by atoms with van der Waals surface area (Å²) in [5.41, 5.74) is 0. The van der Waals surface area contributed by atoms with Crippen LogP contribution in [0.3, 0.4) is 0 Å². The third-order valence-corrected chi connectivity index (χ3v) is 2.47. The molecule has 0 bridgehead atoms. The molecule has 0 unspecified atom stereocenters. The van der Waals surface area contributed by atoms with Crippen molar-refractivity contribution in [1.82, 2.24) is 0 Å². The van der Waals surface area contributed by atoms with Crippen LogP contribution >= 0.6 is 0 Å². The van der Waals surface area contributed by atoms with Crippen molar-refractivity contribution >= 4 is 16.8 Å². The van der Waals surface area contributed by atoms with Crippen LogP contribution in [0.15, 0.2) is 0 Å². The molecule has 76 valence electrons. The van der Waals surface area contributed by atoms with Crippen LogP contribution in [-0.4, -0.2) is 5.12 Å². The molecule has 0 spiro atoms. The van der Waals surface area contributed by atoms with Gasteiger partial charge in [-0.15, -0.1) is 0 Å². The van der Waals surface area contributed by atoms with Crippen molar-refractivity contribution < 1.29 is 9.00 Å². The Labute approximate surface area is 84.6 Å². The van der Waals surface area contributed by atoms with Gasteiger partial charge >= 0.3 is 16.8 Å². The monoisotopic (exact) mass is 203 g/mol. The zero-order chi connectivity index (χ0) is 9.94. The van der Waals surface area contributed by atoms with Crippen molar-refractivity contribution in [3.63, 3.8) is 0 Å². The van der Waals surface area contributed by atoms with Crippen LogP contribution in [0.4, 0.5) is 0 Å². The van der Waals surface area contributed by atoms with E-state index in [1.54, 1.807) is 0 Å². The van der Waals surface area contributed by atoms with E-state index in [1.165, 1.54) is 32.1 Å². The predicted molar refractivity (Wildman–Crippen MR) is 55.7 cm³/mol. The van der Waals surface area contributed by atoms with E-state index in [0.29, 0.717) is 6.42 Å². The summed E-state index contributed by atoms with van der Waals surface area (Å²) < 4.78 is 10.0. The summed E-state index contributed by atoms with van der Waals surface area (Å²) in [4.78, 5) is 10.6. The van der Waals surface area contributed by atoms with E-state index in [4.69, 9.17) is 0 Å². The fourth-order valence-corrected chi connectivity index (χ4v) is 1.50. The van der Waals surface area contributed by atoms with Crippen LogP contribution in [-0.2, 0) is 20.7 Å². The van der Waals surface area contributed by atoms with Crippen molar-refractivity contribution in [2.75, 3.05) is 0 Å². The Morgan fingerprint density at radius 2 is 1.54 bits per heavy atom. The summed E-state index contributed by atoms with van der Waals surface area (Å²) in [5, 5.41) is -0.214. The summed E-state index contributed by atoms with van der Waals surface area (Å²) in [5.74, 6) is 0. The Morgan fingerprint density at radius 1 is 1.00 bits per heavy atom. The normalized spacial score (nSPS) is 9.92. The number of hydrogen-bond donors (Lipinski definition) is 0. The SMILES string of the molecule is CCCCCCCCCC(=O)[S+]=O. The standard InChI is InChI=1S/C10H19O2S/c1-2-3-4-5-6-7-8-9-10(11)13-12/h2-9H2,1H3/q+1. The molecule has 0 N–H and O–H groups in total. The molecule has 0 saturated heterocycles. The average molecular weight is 203 g/mol. The molecule has 0 atom stereocenters. The van der Waals surface area contributed by atoms with Gasteiger partial charge in [0, 0.05) is 4.21 Å². The molecular weight excluding hydrogens is 184 g/mol. The number of carbonyl (C=O) groups excluding carboxylic acids is 1. The fourth-order valence-electron chi connectivity index (χ4n) is 1.27. The van der Waals surface area contributed by atoms with Gasteiger partial charge < -0.3 is 0 Å². The highest BCUT2D eigenvalue weighted by Gasteiger charge is 2.13. The zero-order valence-corrected chi connectivity index (χ0v) is 9.20. The molecule has 0 aromatic heterocycles. The first-order valence-corrected chi connectivity index (χ1v) is 5.88. The minimum Gasteiger partial charge on any atom is -0.221 e. The summed E-state index contributed by atoms with van der Waals surface area (Å²) in [7, 11) is 0. The molecule has 0 saturated carbocycles. The highest BCUT2D eigenvalue weighted by atomic mass is 32.1. The summed E-state index contributed by atoms with van der Waals surface area (Å²) in [6.45, 7) is 2.20. The van der Waals surface area contributed by atoms with Gasteiger partial charge in [0.15, 0.2) is 0 Å². The molecule has 2 nitrogen and oxygen atoms in total. The van der Waals surface area contributed by atoms with E-state index in [9.17, 15) is 9.00 Å². The summed E-state index contributed by atoms with van der Waals surface area (Å²) in [6, 6.07) is 0. The van der Waals surface area contributed by atoms with Gasteiger partial charge in [-0.2, -0.15) is 0 Å². The van der Waals surface area contributed by atoms with Gasteiger partial charge in [-0.1, -0.05) is 45.4 Å². The van der Waals surface area contributed by atoms with E-state index in [2.05, 4.69) is 6.92 Å². The van der Waals surface area contributed by atoms with Crippen LogP contribution < -0.4 is 0 Å². The fraction of sp³-hybridized carbons (Fsp3) is 0.900. The lowest BCUT2D eigenvalue weighted by molar-refractivity contribution is -0.111. The molecule has 0 aliphatic rings. The molecule has 0 rings (SSSR count). The van der Waals surface area contributed by atoms with Crippen LogP contribution in [0.25, 0.3) is 0 Å². The Kier molecular flexibility index (Phi) is 9.54. The highest BCUT2D eigenvalue weighted by Crippen LogP contribution is 2.08. The Balaban J connectivity index is 2.99. The molecule has 0 heterocycles.